The van der Waals surface area contributed by atoms with Gasteiger partial charge in [-0.15, -0.1) is 0 Å². The highest BCUT2D eigenvalue weighted by molar-refractivity contribution is 5.92. The van der Waals surface area contributed by atoms with Crippen LogP contribution in [0, 0.1) is 28.1 Å². The molecule has 0 radical (unpaired) electrons. The van der Waals surface area contributed by atoms with E-state index in [0.29, 0.717) is 18.9 Å². The maximum absolute atomic E-state index is 12.6. The van der Waals surface area contributed by atoms with E-state index in [0.717, 1.165) is 25.7 Å². The number of carbonyl (C=O) groups excluding carboxylic acids is 2. The van der Waals surface area contributed by atoms with E-state index in [1.807, 2.05) is 33.1 Å². The van der Waals surface area contributed by atoms with Crippen LogP contribution in [-0.2, 0) is 14.4 Å². The fourth-order valence-electron chi connectivity index (χ4n) is 6.98. The van der Waals surface area contributed by atoms with Crippen molar-refractivity contribution in [1.29, 1.82) is 0 Å². The van der Waals surface area contributed by atoms with Crippen molar-refractivity contribution in [2.75, 3.05) is 6.54 Å². The molecule has 2 fully saturated rings. The lowest BCUT2D eigenvalue weighted by atomic mass is 9.42. The molecule has 4 rings (SSSR count). The summed E-state index contributed by atoms with van der Waals surface area (Å²) in [6, 6.07) is 0. The molecule has 166 valence electrons. The summed E-state index contributed by atoms with van der Waals surface area (Å²) in [5, 5.41) is 7.19. The second-order valence-electron chi connectivity index (χ2n) is 11.6. The van der Waals surface area contributed by atoms with Crippen molar-refractivity contribution >= 4 is 18.1 Å². The van der Waals surface area contributed by atoms with E-state index in [-0.39, 0.29) is 40.1 Å². The molecule has 0 saturated heterocycles. The molecule has 3 aliphatic carbocycles. The van der Waals surface area contributed by atoms with E-state index in [2.05, 4.69) is 31.2 Å². The van der Waals surface area contributed by atoms with E-state index in [1.54, 1.807) is 0 Å². The van der Waals surface area contributed by atoms with Crippen molar-refractivity contribution in [2.45, 2.75) is 85.4 Å². The third-order valence-corrected chi connectivity index (χ3v) is 8.10. The highest BCUT2D eigenvalue weighted by Crippen LogP contribution is 2.67. The number of ether oxygens (including phenoxy) is 1. The summed E-state index contributed by atoms with van der Waals surface area (Å²) in [6.45, 7) is 13.0. The number of hydrogen-bond acceptors (Lipinski definition) is 5. The predicted molar refractivity (Wildman–Crippen MR) is 115 cm³/mol. The van der Waals surface area contributed by atoms with Crippen molar-refractivity contribution in [2.24, 2.45) is 33.2 Å². The van der Waals surface area contributed by atoms with Gasteiger partial charge in [-0.1, -0.05) is 31.5 Å². The van der Waals surface area contributed by atoms with Crippen LogP contribution in [0.3, 0.4) is 0 Å². The van der Waals surface area contributed by atoms with Gasteiger partial charge in [0.2, 0.25) is 0 Å². The molecule has 0 bridgehead atoms. The van der Waals surface area contributed by atoms with Crippen LogP contribution in [-0.4, -0.2) is 36.3 Å². The Bertz CT molecular complexity index is 809. The lowest BCUT2D eigenvalue weighted by molar-refractivity contribution is -0.139. The standard InChI is InChI=1S/C24H36N2O4/c1-21(2,3)29-20(28)25-14-24-9-7-16(27)11-18(24)23(6)12-15-13-26-30-19(15)22(4,5)17(23)8-10-24/h11,13,15,17,19H,7-10,12,14H2,1-6H3,(H,25,28)/t15?,17-,19?,23-,24+/m0/s1. The van der Waals surface area contributed by atoms with Crippen molar-refractivity contribution in [3.63, 3.8) is 0 Å². The van der Waals surface area contributed by atoms with Gasteiger partial charge in [-0.3, -0.25) is 4.79 Å². The average molecular weight is 417 g/mol. The zero-order valence-electron chi connectivity index (χ0n) is 19.2. The summed E-state index contributed by atoms with van der Waals surface area (Å²) in [4.78, 5) is 30.7. The number of alkyl carbamates (subject to hydrolysis) is 1. The number of carbonyl (C=O) groups is 2. The summed E-state index contributed by atoms with van der Waals surface area (Å²) in [7, 11) is 0. The van der Waals surface area contributed by atoms with E-state index in [9.17, 15) is 9.59 Å². The SMILES string of the molecule is CC(C)(C)OC(=O)NC[C@]12CCC(=O)C=C1[C@@]1(C)CC3C=NOC3C(C)(C)[C@@H]1CC2. The van der Waals surface area contributed by atoms with Gasteiger partial charge >= 0.3 is 6.09 Å². The van der Waals surface area contributed by atoms with Crippen LogP contribution in [0.4, 0.5) is 4.79 Å². The van der Waals surface area contributed by atoms with E-state index >= 15 is 0 Å². The second-order valence-corrected chi connectivity index (χ2v) is 11.6. The Balaban J connectivity index is 1.66. The molecule has 5 atom stereocenters. The Morgan fingerprint density at radius 3 is 2.73 bits per heavy atom. The van der Waals surface area contributed by atoms with Crippen molar-refractivity contribution in [1.82, 2.24) is 5.32 Å². The molecule has 0 spiro atoms. The molecule has 6 nitrogen and oxygen atoms in total. The zero-order valence-corrected chi connectivity index (χ0v) is 19.2. The topological polar surface area (TPSA) is 77.0 Å². The molecule has 6 heteroatoms. The third-order valence-electron chi connectivity index (χ3n) is 8.10. The molecular weight excluding hydrogens is 380 g/mol. The van der Waals surface area contributed by atoms with Gasteiger partial charge in [0.1, 0.15) is 11.7 Å². The van der Waals surface area contributed by atoms with Crippen LogP contribution in [0.1, 0.15) is 73.6 Å². The first-order valence-electron chi connectivity index (χ1n) is 11.3. The number of oxime groups is 1. The second kappa shape index (κ2) is 6.83. The number of allylic oxidation sites excluding steroid dienone is 1. The number of rotatable bonds is 2. The maximum atomic E-state index is 12.6. The Kier molecular flexibility index (Phi) is 4.87. The molecule has 0 aromatic rings. The van der Waals surface area contributed by atoms with E-state index in [4.69, 9.17) is 9.57 Å². The lowest BCUT2D eigenvalue weighted by Crippen LogP contribution is -2.60. The molecule has 30 heavy (non-hydrogen) atoms. The first kappa shape index (κ1) is 21.4. The van der Waals surface area contributed by atoms with Gasteiger partial charge in [0.25, 0.3) is 0 Å². The summed E-state index contributed by atoms with van der Waals surface area (Å²) < 4.78 is 5.48. The Morgan fingerprint density at radius 1 is 1.30 bits per heavy atom. The summed E-state index contributed by atoms with van der Waals surface area (Å²) in [5.74, 6) is 0.865. The predicted octanol–water partition coefficient (Wildman–Crippen LogP) is 4.63. The first-order chi connectivity index (χ1) is 13.9. The molecule has 4 aliphatic rings. The normalized spacial score (nSPS) is 39.2. The molecule has 1 amide bonds. The fraction of sp³-hybridized carbons (Fsp3) is 0.792. The molecular formula is C24H36N2O4. The minimum absolute atomic E-state index is 0.0414. The van der Waals surface area contributed by atoms with Gasteiger partial charge in [0.15, 0.2) is 5.78 Å². The van der Waals surface area contributed by atoms with Crippen LogP contribution in [0.2, 0.25) is 0 Å². The van der Waals surface area contributed by atoms with Gasteiger partial charge in [0, 0.05) is 29.7 Å². The van der Waals surface area contributed by atoms with Gasteiger partial charge in [-0.2, -0.15) is 0 Å². The summed E-state index contributed by atoms with van der Waals surface area (Å²) in [6.07, 6.45) is 7.85. The number of fused-ring (bicyclic) bond motifs is 4. The van der Waals surface area contributed by atoms with Crippen LogP contribution in [0.15, 0.2) is 16.8 Å². The lowest BCUT2D eigenvalue weighted by Gasteiger charge is -2.62. The maximum Gasteiger partial charge on any atom is 0.407 e. The molecule has 2 saturated carbocycles. The molecule has 0 aromatic heterocycles. The van der Waals surface area contributed by atoms with Crippen LogP contribution in [0.25, 0.3) is 0 Å². The average Bonchev–Trinajstić information content (AvgIpc) is 3.08. The zero-order chi connectivity index (χ0) is 21.9. The van der Waals surface area contributed by atoms with Gasteiger partial charge < -0.3 is 14.9 Å². The highest BCUT2D eigenvalue weighted by Gasteiger charge is 2.63. The Morgan fingerprint density at radius 2 is 2.03 bits per heavy atom. The van der Waals surface area contributed by atoms with E-state index < -0.39 is 5.60 Å². The van der Waals surface area contributed by atoms with Crippen LogP contribution in [0.5, 0.6) is 0 Å². The molecule has 1 aliphatic heterocycles. The Labute approximate surface area is 179 Å². The van der Waals surface area contributed by atoms with E-state index in [1.165, 1.54) is 5.57 Å². The highest BCUT2D eigenvalue weighted by atomic mass is 16.6. The monoisotopic (exact) mass is 416 g/mol. The number of hydrogen-bond donors (Lipinski definition) is 1. The number of nitrogens with one attached hydrogen (secondary N) is 1. The van der Waals surface area contributed by atoms with Crippen molar-refractivity contribution < 1.29 is 19.2 Å². The largest absolute Gasteiger partial charge is 0.444 e. The number of nitrogens with zero attached hydrogens (tertiary/aromatic N) is 1. The number of ketones is 1. The fourth-order valence-corrected chi connectivity index (χ4v) is 6.98. The summed E-state index contributed by atoms with van der Waals surface area (Å²) in [5.41, 5.74) is 0.353. The third kappa shape index (κ3) is 3.36. The molecule has 2 unspecified atom stereocenters. The minimum atomic E-state index is -0.531. The molecule has 1 heterocycles. The van der Waals surface area contributed by atoms with Gasteiger partial charge in [-0.25, -0.2) is 4.79 Å². The Hall–Kier alpha value is -1.85. The van der Waals surface area contributed by atoms with Crippen LogP contribution >= 0.6 is 0 Å². The smallest absolute Gasteiger partial charge is 0.407 e. The van der Waals surface area contributed by atoms with Crippen LogP contribution < -0.4 is 5.32 Å². The van der Waals surface area contributed by atoms with Crippen molar-refractivity contribution in [3.05, 3.63) is 11.6 Å². The van der Waals surface area contributed by atoms with Gasteiger partial charge in [-0.05, 0) is 63.9 Å². The minimum Gasteiger partial charge on any atom is -0.444 e. The number of amides is 1. The van der Waals surface area contributed by atoms with Gasteiger partial charge in [0.05, 0.1) is 6.21 Å². The molecule has 0 aromatic carbocycles. The quantitative estimate of drug-likeness (QED) is 0.712. The molecule has 1 N–H and O–H groups in total. The van der Waals surface area contributed by atoms with Crippen molar-refractivity contribution in [3.8, 4) is 0 Å². The first-order valence-corrected chi connectivity index (χ1v) is 11.3. The summed E-state index contributed by atoms with van der Waals surface area (Å²) >= 11 is 0.